The molecule has 1 fully saturated rings. The van der Waals surface area contributed by atoms with Gasteiger partial charge in [0.15, 0.2) is 0 Å². The van der Waals surface area contributed by atoms with Crippen molar-refractivity contribution in [3.05, 3.63) is 12.3 Å². The molecule has 0 spiro atoms. The van der Waals surface area contributed by atoms with Crippen molar-refractivity contribution >= 4 is 17.7 Å². The van der Waals surface area contributed by atoms with Gasteiger partial charge in [-0.05, 0) is 6.07 Å². The van der Waals surface area contributed by atoms with Crippen molar-refractivity contribution in [3.63, 3.8) is 0 Å². The van der Waals surface area contributed by atoms with Gasteiger partial charge in [-0.3, -0.25) is 4.79 Å². The van der Waals surface area contributed by atoms with Crippen molar-refractivity contribution in [1.29, 1.82) is 0 Å². The van der Waals surface area contributed by atoms with E-state index in [1.807, 2.05) is 19.0 Å². The zero-order valence-corrected chi connectivity index (χ0v) is 9.40. The van der Waals surface area contributed by atoms with E-state index >= 15 is 0 Å². The molecule has 2 heterocycles. The second-order valence-corrected chi connectivity index (χ2v) is 3.99. The van der Waals surface area contributed by atoms with E-state index in [9.17, 15) is 4.79 Å². The summed E-state index contributed by atoms with van der Waals surface area (Å²) >= 11 is 0. The van der Waals surface area contributed by atoms with Gasteiger partial charge in [-0.2, -0.15) is 4.98 Å². The number of hydrogen-bond acceptors (Lipinski definition) is 5. The van der Waals surface area contributed by atoms with Gasteiger partial charge in [0.1, 0.15) is 5.82 Å². The van der Waals surface area contributed by atoms with Crippen LogP contribution >= 0.6 is 0 Å². The van der Waals surface area contributed by atoms with E-state index in [0.29, 0.717) is 18.9 Å². The van der Waals surface area contributed by atoms with Crippen molar-refractivity contribution < 1.29 is 4.79 Å². The first-order chi connectivity index (χ1) is 7.65. The van der Waals surface area contributed by atoms with Gasteiger partial charge in [-0.25, -0.2) is 4.98 Å². The summed E-state index contributed by atoms with van der Waals surface area (Å²) in [5.74, 6) is 1.49. The zero-order valence-electron chi connectivity index (χ0n) is 9.40. The summed E-state index contributed by atoms with van der Waals surface area (Å²) in [5.41, 5.74) is 0. The summed E-state index contributed by atoms with van der Waals surface area (Å²) < 4.78 is 0. The highest BCUT2D eigenvalue weighted by Crippen LogP contribution is 2.11. The maximum absolute atomic E-state index is 11.0. The molecule has 2 rings (SSSR count). The molecule has 1 aromatic heterocycles. The van der Waals surface area contributed by atoms with Crippen LogP contribution < -0.4 is 15.5 Å². The van der Waals surface area contributed by atoms with Crippen LogP contribution in [0.5, 0.6) is 0 Å². The first-order valence-electron chi connectivity index (χ1n) is 5.19. The van der Waals surface area contributed by atoms with Crippen LogP contribution in [0.4, 0.5) is 11.8 Å². The average molecular weight is 221 g/mol. The molecule has 16 heavy (non-hydrogen) atoms. The summed E-state index contributed by atoms with van der Waals surface area (Å²) in [5, 5.41) is 5.98. The van der Waals surface area contributed by atoms with Crippen molar-refractivity contribution in [1.82, 2.24) is 15.3 Å². The summed E-state index contributed by atoms with van der Waals surface area (Å²) in [6.07, 6.45) is 2.20. The summed E-state index contributed by atoms with van der Waals surface area (Å²) in [4.78, 5) is 21.3. The van der Waals surface area contributed by atoms with E-state index in [1.54, 1.807) is 12.3 Å². The van der Waals surface area contributed by atoms with Crippen LogP contribution in [0.15, 0.2) is 12.3 Å². The number of hydrogen-bond donors (Lipinski definition) is 2. The van der Waals surface area contributed by atoms with Crippen LogP contribution in [0.2, 0.25) is 0 Å². The number of aromatic nitrogens is 2. The highest BCUT2D eigenvalue weighted by Gasteiger charge is 2.21. The quantitative estimate of drug-likeness (QED) is 0.742. The lowest BCUT2D eigenvalue weighted by Gasteiger charge is -2.14. The van der Waals surface area contributed by atoms with E-state index in [0.717, 1.165) is 5.82 Å². The fourth-order valence-electron chi connectivity index (χ4n) is 1.56. The number of anilines is 2. The molecule has 0 aromatic carbocycles. The van der Waals surface area contributed by atoms with E-state index in [-0.39, 0.29) is 11.9 Å². The Balaban J connectivity index is 2.04. The smallest absolute Gasteiger partial charge is 0.226 e. The van der Waals surface area contributed by atoms with Crippen LogP contribution in [-0.4, -0.2) is 42.6 Å². The fourth-order valence-corrected chi connectivity index (χ4v) is 1.56. The third-order valence-corrected chi connectivity index (χ3v) is 2.37. The van der Waals surface area contributed by atoms with Gasteiger partial charge in [-0.15, -0.1) is 0 Å². The third kappa shape index (κ3) is 2.39. The Morgan fingerprint density at radius 3 is 3.00 bits per heavy atom. The van der Waals surface area contributed by atoms with E-state index in [1.165, 1.54) is 0 Å². The minimum Gasteiger partial charge on any atom is -0.365 e. The highest BCUT2D eigenvalue weighted by molar-refractivity contribution is 5.79. The van der Waals surface area contributed by atoms with E-state index in [4.69, 9.17) is 0 Å². The van der Waals surface area contributed by atoms with Gasteiger partial charge in [0.25, 0.3) is 0 Å². The molecule has 1 atom stereocenters. The molecule has 6 nitrogen and oxygen atoms in total. The molecular formula is C10H15N5O. The lowest BCUT2D eigenvalue weighted by atomic mass is 10.2. The Morgan fingerprint density at radius 2 is 2.38 bits per heavy atom. The molecule has 1 aliphatic heterocycles. The van der Waals surface area contributed by atoms with Crippen LogP contribution in [0.3, 0.4) is 0 Å². The maximum atomic E-state index is 11.0. The Morgan fingerprint density at radius 1 is 1.56 bits per heavy atom. The first kappa shape index (κ1) is 10.7. The van der Waals surface area contributed by atoms with Gasteiger partial charge in [0.05, 0.1) is 6.04 Å². The van der Waals surface area contributed by atoms with Crippen molar-refractivity contribution in [2.45, 2.75) is 12.5 Å². The molecule has 1 amide bonds. The topological polar surface area (TPSA) is 70.2 Å². The summed E-state index contributed by atoms with van der Waals surface area (Å²) in [6.45, 7) is 0.653. The SMILES string of the molecule is CN(C)c1nccc(NC2CNC(=O)C2)n1. The number of amides is 1. The number of rotatable bonds is 3. The van der Waals surface area contributed by atoms with Gasteiger partial charge >= 0.3 is 0 Å². The fraction of sp³-hybridized carbons (Fsp3) is 0.500. The highest BCUT2D eigenvalue weighted by atomic mass is 16.1. The number of carbonyl (C=O) groups excluding carboxylic acids is 1. The second kappa shape index (κ2) is 4.34. The molecule has 0 bridgehead atoms. The van der Waals surface area contributed by atoms with Crippen LogP contribution in [0.1, 0.15) is 6.42 Å². The monoisotopic (exact) mass is 221 g/mol. The summed E-state index contributed by atoms with van der Waals surface area (Å²) in [6, 6.07) is 1.92. The normalized spacial score (nSPS) is 19.4. The molecule has 0 saturated carbocycles. The standard InChI is InChI=1S/C10H15N5O/c1-15(2)10-11-4-3-8(14-10)13-7-5-9(16)12-6-7/h3-4,7H,5-6H2,1-2H3,(H,12,16)(H,11,13,14). The largest absolute Gasteiger partial charge is 0.365 e. The lowest BCUT2D eigenvalue weighted by molar-refractivity contribution is -0.119. The molecule has 86 valence electrons. The minimum atomic E-state index is 0.0828. The van der Waals surface area contributed by atoms with Gasteiger partial charge < -0.3 is 15.5 Å². The van der Waals surface area contributed by atoms with E-state index in [2.05, 4.69) is 20.6 Å². The molecule has 1 unspecified atom stereocenters. The molecule has 1 aromatic rings. The number of carbonyl (C=O) groups is 1. The predicted molar refractivity (Wildman–Crippen MR) is 61.4 cm³/mol. The van der Waals surface area contributed by atoms with Crippen molar-refractivity contribution in [2.75, 3.05) is 30.9 Å². The third-order valence-electron chi connectivity index (χ3n) is 2.37. The van der Waals surface area contributed by atoms with Crippen molar-refractivity contribution in [2.24, 2.45) is 0 Å². The van der Waals surface area contributed by atoms with Crippen LogP contribution in [0, 0.1) is 0 Å². The number of nitrogens with zero attached hydrogens (tertiary/aromatic N) is 3. The zero-order chi connectivity index (χ0) is 11.5. The molecule has 1 aliphatic rings. The van der Waals surface area contributed by atoms with Crippen molar-refractivity contribution in [3.8, 4) is 0 Å². The molecule has 6 heteroatoms. The second-order valence-electron chi connectivity index (χ2n) is 3.99. The Hall–Kier alpha value is -1.85. The Bertz CT molecular complexity index is 393. The Kier molecular flexibility index (Phi) is 2.89. The minimum absolute atomic E-state index is 0.0828. The average Bonchev–Trinajstić information content (AvgIpc) is 2.64. The van der Waals surface area contributed by atoms with Crippen LogP contribution in [0.25, 0.3) is 0 Å². The molecule has 2 N–H and O–H groups in total. The van der Waals surface area contributed by atoms with Gasteiger partial charge in [-0.1, -0.05) is 0 Å². The molecule has 1 saturated heterocycles. The number of nitrogens with one attached hydrogen (secondary N) is 2. The first-order valence-corrected chi connectivity index (χ1v) is 5.19. The van der Waals surface area contributed by atoms with Gasteiger partial charge in [0.2, 0.25) is 11.9 Å². The van der Waals surface area contributed by atoms with Gasteiger partial charge in [0, 0.05) is 33.3 Å². The molecular weight excluding hydrogens is 206 g/mol. The maximum Gasteiger partial charge on any atom is 0.226 e. The summed E-state index contributed by atoms with van der Waals surface area (Å²) in [7, 11) is 3.78. The Labute approximate surface area is 94.1 Å². The molecule has 0 radical (unpaired) electrons. The van der Waals surface area contributed by atoms with E-state index < -0.39 is 0 Å². The predicted octanol–water partition coefficient (Wildman–Crippen LogP) is -0.157. The van der Waals surface area contributed by atoms with Crippen LogP contribution in [-0.2, 0) is 4.79 Å². The lowest BCUT2D eigenvalue weighted by Crippen LogP contribution is -2.23. The molecule has 0 aliphatic carbocycles.